The van der Waals surface area contributed by atoms with E-state index < -0.39 is 5.97 Å². The lowest BCUT2D eigenvalue weighted by Gasteiger charge is -2.15. The highest BCUT2D eigenvalue weighted by Crippen LogP contribution is 2.21. The van der Waals surface area contributed by atoms with Crippen molar-refractivity contribution in [1.82, 2.24) is 0 Å². The van der Waals surface area contributed by atoms with Crippen molar-refractivity contribution in [2.24, 2.45) is 11.1 Å². The maximum Gasteiger partial charge on any atom is 0.300 e. The maximum atomic E-state index is 9.00. The molecular formula is C9H17NO3. The summed E-state index contributed by atoms with van der Waals surface area (Å²) in [6, 6.07) is 0. The Morgan fingerprint density at radius 2 is 1.85 bits per heavy atom. The van der Waals surface area contributed by atoms with E-state index in [-0.39, 0.29) is 0 Å². The molecule has 1 rings (SSSR count). The van der Waals surface area contributed by atoms with Crippen LogP contribution in [0.15, 0.2) is 5.16 Å². The minimum absolute atomic E-state index is 0.559. The molecule has 2 N–H and O–H groups in total. The van der Waals surface area contributed by atoms with Crippen LogP contribution in [-0.4, -0.2) is 22.5 Å². The lowest BCUT2D eigenvalue weighted by atomic mass is 9.90. The summed E-state index contributed by atoms with van der Waals surface area (Å²) in [5.74, 6) is -0.274. The van der Waals surface area contributed by atoms with Gasteiger partial charge < -0.3 is 10.3 Å². The quantitative estimate of drug-likeness (QED) is 0.375. The predicted octanol–water partition coefficient (Wildman–Crippen LogP) is 2.12. The van der Waals surface area contributed by atoms with Gasteiger partial charge in [-0.05, 0) is 18.8 Å². The molecule has 4 nitrogen and oxygen atoms in total. The molecule has 0 saturated heterocycles. The minimum atomic E-state index is -0.833. The Bertz CT molecular complexity index is 158. The van der Waals surface area contributed by atoms with Gasteiger partial charge in [0.05, 0.1) is 0 Å². The summed E-state index contributed by atoms with van der Waals surface area (Å²) >= 11 is 0. The van der Waals surface area contributed by atoms with Crippen LogP contribution in [0, 0.1) is 5.92 Å². The van der Waals surface area contributed by atoms with Crippen LogP contribution >= 0.6 is 0 Å². The van der Waals surface area contributed by atoms with Crippen molar-refractivity contribution in [2.45, 2.75) is 39.0 Å². The molecule has 0 aromatic rings. The van der Waals surface area contributed by atoms with Crippen LogP contribution < -0.4 is 0 Å². The molecule has 0 spiro atoms. The summed E-state index contributed by atoms with van der Waals surface area (Å²) in [4.78, 5) is 9.00. The van der Waals surface area contributed by atoms with E-state index in [4.69, 9.17) is 15.1 Å². The maximum absolute atomic E-state index is 9.00. The smallest absolute Gasteiger partial charge is 0.300 e. The number of oxime groups is 1. The van der Waals surface area contributed by atoms with Gasteiger partial charge in [0.25, 0.3) is 5.97 Å². The van der Waals surface area contributed by atoms with Crippen LogP contribution in [0.5, 0.6) is 0 Å². The van der Waals surface area contributed by atoms with Crippen molar-refractivity contribution in [3.8, 4) is 0 Å². The van der Waals surface area contributed by atoms with Gasteiger partial charge in [0.2, 0.25) is 0 Å². The molecule has 0 atom stereocenters. The number of carbonyl (C=O) groups is 1. The molecule has 0 aromatic carbocycles. The van der Waals surface area contributed by atoms with Crippen molar-refractivity contribution in [2.75, 3.05) is 0 Å². The molecule has 1 fully saturated rings. The Kier molecular flexibility index (Phi) is 6.96. The summed E-state index contributed by atoms with van der Waals surface area (Å²) in [5.41, 5.74) is 0. The fraction of sp³-hybridized carbons (Fsp3) is 0.778. The molecule has 76 valence electrons. The first kappa shape index (κ1) is 11.9. The van der Waals surface area contributed by atoms with Crippen molar-refractivity contribution in [3.63, 3.8) is 0 Å². The van der Waals surface area contributed by atoms with E-state index in [1.807, 2.05) is 0 Å². The van der Waals surface area contributed by atoms with Gasteiger partial charge in [-0.2, -0.15) is 0 Å². The third kappa shape index (κ3) is 8.85. The molecule has 1 aliphatic carbocycles. The van der Waals surface area contributed by atoms with Crippen molar-refractivity contribution >= 4 is 12.2 Å². The third-order valence-electron chi connectivity index (χ3n) is 1.93. The molecular weight excluding hydrogens is 170 g/mol. The van der Waals surface area contributed by atoms with E-state index in [1.165, 1.54) is 32.1 Å². The molecule has 13 heavy (non-hydrogen) atoms. The molecule has 0 aromatic heterocycles. The summed E-state index contributed by atoms with van der Waals surface area (Å²) in [6.45, 7) is 1.08. The fourth-order valence-corrected chi connectivity index (χ4v) is 1.38. The summed E-state index contributed by atoms with van der Waals surface area (Å²) in [7, 11) is 0. The van der Waals surface area contributed by atoms with Gasteiger partial charge in [-0.15, -0.1) is 5.16 Å². The minimum Gasteiger partial charge on any atom is -0.481 e. The zero-order valence-electron chi connectivity index (χ0n) is 7.94. The number of carboxylic acids is 1. The van der Waals surface area contributed by atoms with Crippen LogP contribution in [0.1, 0.15) is 39.0 Å². The van der Waals surface area contributed by atoms with E-state index in [0.717, 1.165) is 6.92 Å². The van der Waals surface area contributed by atoms with E-state index >= 15 is 0 Å². The Morgan fingerprint density at radius 3 is 2.23 bits per heavy atom. The average Bonchev–Trinajstić information content (AvgIpc) is 2.06. The van der Waals surface area contributed by atoms with Gasteiger partial charge in [0.15, 0.2) is 0 Å². The highest BCUT2D eigenvalue weighted by Gasteiger charge is 2.10. The Hall–Kier alpha value is -1.06. The van der Waals surface area contributed by atoms with Crippen LogP contribution in [0.25, 0.3) is 0 Å². The first-order valence-electron chi connectivity index (χ1n) is 4.54. The SMILES string of the molecule is CC(=O)O.O/N=C\C1CCCCC1. The fourth-order valence-electron chi connectivity index (χ4n) is 1.38. The van der Waals surface area contributed by atoms with E-state index in [0.29, 0.717) is 5.92 Å². The highest BCUT2D eigenvalue weighted by molar-refractivity contribution is 5.63. The molecule has 0 radical (unpaired) electrons. The normalized spacial score (nSPS) is 17.9. The monoisotopic (exact) mass is 187 g/mol. The standard InChI is InChI=1S/C7H13NO.C2H4O2/c9-8-6-7-4-2-1-3-5-7;1-2(3)4/h6-7,9H,1-5H2;1H3,(H,3,4)/b8-6-;. The number of aliphatic carboxylic acids is 1. The van der Waals surface area contributed by atoms with Gasteiger partial charge >= 0.3 is 0 Å². The van der Waals surface area contributed by atoms with Crippen molar-refractivity contribution < 1.29 is 15.1 Å². The molecule has 4 heteroatoms. The van der Waals surface area contributed by atoms with Gasteiger partial charge in [0.1, 0.15) is 0 Å². The molecule has 0 amide bonds. The summed E-state index contributed by atoms with van der Waals surface area (Å²) in [5, 5.41) is 18.6. The number of hydrogen-bond donors (Lipinski definition) is 2. The van der Waals surface area contributed by atoms with Gasteiger partial charge in [-0.25, -0.2) is 0 Å². The van der Waals surface area contributed by atoms with E-state index in [2.05, 4.69) is 5.16 Å². The van der Waals surface area contributed by atoms with Gasteiger partial charge in [0, 0.05) is 13.1 Å². The van der Waals surface area contributed by atoms with E-state index in [1.54, 1.807) is 6.21 Å². The van der Waals surface area contributed by atoms with Crippen LogP contribution in [0.2, 0.25) is 0 Å². The zero-order chi connectivity index (χ0) is 10.1. The Morgan fingerprint density at radius 1 is 1.38 bits per heavy atom. The lowest BCUT2D eigenvalue weighted by molar-refractivity contribution is -0.134. The molecule has 0 bridgehead atoms. The lowest BCUT2D eigenvalue weighted by Crippen LogP contribution is -2.06. The topological polar surface area (TPSA) is 69.9 Å². The first-order chi connectivity index (χ1) is 6.16. The number of carboxylic acid groups (broad SMARTS) is 1. The second kappa shape index (κ2) is 7.58. The van der Waals surface area contributed by atoms with Crippen LogP contribution in [0.4, 0.5) is 0 Å². The molecule has 0 aliphatic heterocycles. The number of nitrogens with zero attached hydrogens (tertiary/aromatic N) is 1. The number of rotatable bonds is 1. The Balaban J connectivity index is 0.000000310. The Labute approximate surface area is 78.3 Å². The molecule has 0 heterocycles. The van der Waals surface area contributed by atoms with Crippen molar-refractivity contribution in [1.29, 1.82) is 0 Å². The van der Waals surface area contributed by atoms with Gasteiger partial charge in [-0.1, -0.05) is 19.3 Å². The zero-order valence-corrected chi connectivity index (χ0v) is 7.94. The number of hydrogen-bond acceptors (Lipinski definition) is 3. The highest BCUT2D eigenvalue weighted by atomic mass is 16.4. The van der Waals surface area contributed by atoms with Gasteiger partial charge in [-0.3, -0.25) is 4.79 Å². The summed E-state index contributed by atoms with van der Waals surface area (Å²) < 4.78 is 0. The van der Waals surface area contributed by atoms with Crippen LogP contribution in [-0.2, 0) is 4.79 Å². The first-order valence-corrected chi connectivity index (χ1v) is 4.54. The summed E-state index contributed by atoms with van der Waals surface area (Å²) in [6.07, 6.45) is 8.05. The van der Waals surface area contributed by atoms with E-state index in [9.17, 15) is 0 Å². The largest absolute Gasteiger partial charge is 0.481 e. The second-order valence-corrected chi connectivity index (χ2v) is 3.18. The molecule has 1 saturated carbocycles. The van der Waals surface area contributed by atoms with Crippen LogP contribution in [0.3, 0.4) is 0 Å². The second-order valence-electron chi connectivity index (χ2n) is 3.18. The predicted molar refractivity (Wildman–Crippen MR) is 50.2 cm³/mol. The molecule has 1 aliphatic rings. The average molecular weight is 187 g/mol. The van der Waals surface area contributed by atoms with Crippen molar-refractivity contribution in [3.05, 3.63) is 0 Å². The third-order valence-corrected chi connectivity index (χ3v) is 1.93. The molecule has 0 unspecified atom stereocenters.